The van der Waals surface area contributed by atoms with Gasteiger partial charge >= 0.3 is 0 Å². The number of hydrogen-bond acceptors (Lipinski definition) is 3. The molecule has 0 aliphatic carbocycles. The van der Waals surface area contributed by atoms with Crippen LogP contribution in [0.2, 0.25) is 18.1 Å². The summed E-state index contributed by atoms with van der Waals surface area (Å²) in [5.74, 6) is 0. The molecule has 0 aliphatic heterocycles. The Bertz CT molecular complexity index is 240. The lowest BCUT2D eigenvalue weighted by Crippen LogP contribution is -2.42. The Morgan fingerprint density at radius 1 is 1.25 bits per heavy atom. The predicted octanol–water partition coefficient (Wildman–Crippen LogP) is 2.85. The molecule has 0 heterocycles. The molecule has 0 saturated heterocycles. The van der Waals surface area contributed by atoms with Crippen LogP contribution in [0.5, 0.6) is 0 Å². The molecule has 3 nitrogen and oxygen atoms in total. The normalized spacial score (nSPS) is 12.9. The topological polar surface area (TPSA) is 36.3 Å². The number of hydrogen-bond donors (Lipinski definition) is 0. The number of likely N-dealkylation sites (N-methyl/N-ethyl adjacent to an activating group) is 1. The Balaban J connectivity index is 3.86. The van der Waals surface area contributed by atoms with Gasteiger partial charge in [0.2, 0.25) is 0 Å². The van der Waals surface area contributed by atoms with Gasteiger partial charge in [-0.15, -0.1) is 0 Å². The molecule has 0 saturated carbocycles. The van der Waals surface area contributed by atoms with Crippen LogP contribution in [0, 0.1) is 11.3 Å². The van der Waals surface area contributed by atoms with Gasteiger partial charge in [0.05, 0.1) is 6.07 Å². The van der Waals surface area contributed by atoms with Crippen molar-refractivity contribution in [2.24, 2.45) is 0 Å². The zero-order chi connectivity index (χ0) is 12.8. The quantitative estimate of drug-likeness (QED) is 0.672. The summed E-state index contributed by atoms with van der Waals surface area (Å²) < 4.78 is 6.06. The van der Waals surface area contributed by atoms with E-state index in [-0.39, 0.29) is 5.04 Å². The second kappa shape index (κ2) is 6.38. The van der Waals surface area contributed by atoms with Crippen LogP contribution in [-0.2, 0) is 4.43 Å². The maximum atomic E-state index is 8.48. The van der Waals surface area contributed by atoms with Gasteiger partial charge in [-0.25, -0.2) is 0 Å². The second-order valence-corrected chi connectivity index (χ2v) is 10.6. The fourth-order valence-electron chi connectivity index (χ4n) is 1.03. The molecule has 0 N–H and O–H groups in total. The fraction of sp³-hybridized carbons (Fsp3) is 0.917. The van der Waals surface area contributed by atoms with Gasteiger partial charge in [0.1, 0.15) is 0 Å². The summed E-state index contributed by atoms with van der Waals surface area (Å²) in [7, 11) is 0.439. The average Bonchev–Trinajstić information content (AvgIpc) is 2.12. The molecule has 0 spiro atoms. The molecular formula is C12H26N2OSi. The minimum Gasteiger partial charge on any atom is -0.416 e. The molecule has 4 heteroatoms. The van der Waals surface area contributed by atoms with Gasteiger partial charge in [-0.2, -0.15) is 5.26 Å². The van der Waals surface area contributed by atoms with E-state index in [9.17, 15) is 0 Å². The minimum absolute atomic E-state index is 0.276. The van der Waals surface area contributed by atoms with Crippen LogP contribution in [-0.4, -0.2) is 40.0 Å². The Labute approximate surface area is 102 Å². The summed E-state index contributed by atoms with van der Waals surface area (Å²) in [5.41, 5.74) is 0. The zero-order valence-corrected chi connectivity index (χ0v) is 12.6. The summed E-state index contributed by atoms with van der Waals surface area (Å²) in [6, 6.07) is 2.16. The molecule has 16 heavy (non-hydrogen) atoms. The second-order valence-electron chi connectivity index (χ2n) is 5.82. The minimum atomic E-state index is -1.59. The van der Waals surface area contributed by atoms with Crippen LogP contribution < -0.4 is 0 Å². The molecule has 0 rings (SSSR count). The van der Waals surface area contributed by atoms with Crippen molar-refractivity contribution in [2.75, 3.05) is 26.7 Å². The van der Waals surface area contributed by atoms with Crippen LogP contribution in [0.15, 0.2) is 0 Å². The van der Waals surface area contributed by atoms with E-state index in [1.807, 2.05) is 7.05 Å². The summed E-state index contributed by atoms with van der Waals surface area (Å²) in [6.45, 7) is 13.8. The van der Waals surface area contributed by atoms with Crippen molar-refractivity contribution < 1.29 is 4.43 Å². The Morgan fingerprint density at radius 2 is 1.81 bits per heavy atom. The highest BCUT2D eigenvalue weighted by molar-refractivity contribution is 6.74. The molecule has 0 atom stereocenters. The van der Waals surface area contributed by atoms with Crippen LogP contribution in [0.1, 0.15) is 27.2 Å². The van der Waals surface area contributed by atoms with E-state index in [0.29, 0.717) is 6.42 Å². The Hall–Kier alpha value is -0.373. The van der Waals surface area contributed by atoms with Crippen LogP contribution in [0.3, 0.4) is 0 Å². The fourth-order valence-corrected chi connectivity index (χ4v) is 2.06. The van der Waals surface area contributed by atoms with E-state index < -0.39 is 8.32 Å². The van der Waals surface area contributed by atoms with Gasteiger partial charge in [0, 0.05) is 26.1 Å². The van der Waals surface area contributed by atoms with E-state index >= 15 is 0 Å². The first-order chi connectivity index (χ1) is 7.20. The number of nitrogens with zero attached hydrogens (tertiary/aromatic N) is 2. The monoisotopic (exact) mass is 242 g/mol. The molecule has 0 bridgehead atoms. The molecule has 0 aliphatic rings. The largest absolute Gasteiger partial charge is 0.416 e. The van der Waals surface area contributed by atoms with Crippen LogP contribution in [0.25, 0.3) is 0 Å². The maximum Gasteiger partial charge on any atom is 0.192 e. The van der Waals surface area contributed by atoms with Crippen LogP contribution >= 0.6 is 0 Å². The van der Waals surface area contributed by atoms with E-state index in [2.05, 4.69) is 44.8 Å². The van der Waals surface area contributed by atoms with Crippen molar-refractivity contribution in [1.29, 1.82) is 5.26 Å². The van der Waals surface area contributed by atoms with Gasteiger partial charge in [0.15, 0.2) is 8.32 Å². The lowest BCUT2D eigenvalue weighted by molar-refractivity contribution is 0.225. The Kier molecular flexibility index (Phi) is 6.23. The summed E-state index contributed by atoms with van der Waals surface area (Å²) in [6.07, 6.45) is 0.594. The van der Waals surface area contributed by atoms with Gasteiger partial charge in [-0.3, -0.25) is 0 Å². The first kappa shape index (κ1) is 15.6. The van der Waals surface area contributed by atoms with Gasteiger partial charge in [0.25, 0.3) is 0 Å². The molecule has 0 aromatic heterocycles. The van der Waals surface area contributed by atoms with Crippen molar-refractivity contribution >= 4 is 8.32 Å². The summed E-state index contributed by atoms with van der Waals surface area (Å²) >= 11 is 0. The molecule has 0 radical (unpaired) electrons. The van der Waals surface area contributed by atoms with E-state index in [1.165, 1.54) is 0 Å². The molecule has 0 amide bonds. The predicted molar refractivity (Wildman–Crippen MR) is 70.9 cm³/mol. The smallest absolute Gasteiger partial charge is 0.192 e. The lowest BCUT2D eigenvalue weighted by atomic mass is 10.2. The molecule has 0 fully saturated rings. The highest BCUT2D eigenvalue weighted by Crippen LogP contribution is 2.36. The maximum absolute atomic E-state index is 8.48. The number of rotatable bonds is 6. The molecule has 0 aromatic rings. The number of nitriles is 1. The average molecular weight is 242 g/mol. The van der Waals surface area contributed by atoms with Crippen molar-refractivity contribution in [3.8, 4) is 6.07 Å². The first-order valence-corrected chi connectivity index (χ1v) is 8.81. The molecule has 94 valence electrons. The van der Waals surface area contributed by atoms with Gasteiger partial charge in [-0.1, -0.05) is 20.8 Å². The third kappa shape index (κ3) is 5.64. The third-order valence-corrected chi connectivity index (χ3v) is 7.89. The van der Waals surface area contributed by atoms with Gasteiger partial charge < -0.3 is 9.33 Å². The van der Waals surface area contributed by atoms with Crippen LogP contribution in [0.4, 0.5) is 0 Å². The Morgan fingerprint density at radius 3 is 2.25 bits per heavy atom. The summed E-state index contributed by atoms with van der Waals surface area (Å²) in [5, 5.41) is 8.75. The first-order valence-electron chi connectivity index (χ1n) is 5.90. The third-order valence-electron chi connectivity index (χ3n) is 3.35. The zero-order valence-electron chi connectivity index (χ0n) is 11.6. The van der Waals surface area contributed by atoms with E-state index in [0.717, 1.165) is 19.7 Å². The molecule has 0 aromatic carbocycles. The van der Waals surface area contributed by atoms with Crippen molar-refractivity contribution in [1.82, 2.24) is 4.90 Å². The van der Waals surface area contributed by atoms with Crippen molar-refractivity contribution in [3.63, 3.8) is 0 Å². The van der Waals surface area contributed by atoms with Crippen molar-refractivity contribution in [2.45, 2.75) is 45.3 Å². The standard InChI is InChI=1S/C12H26N2OSi/c1-12(2,3)16(5,6)15-11-10-14(4)9-7-8-13/h7,9-11H2,1-6H3. The lowest BCUT2D eigenvalue weighted by Gasteiger charge is -2.36. The van der Waals surface area contributed by atoms with E-state index in [4.69, 9.17) is 9.69 Å². The SMILES string of the molecule is CN(CCC#N)CCO[Si](C)(C)C(C)(C)C. The van der Waals surface area contributed by atoms with Crippen molar-refractivity contribution in [3.05, 3.63) is 0 Å². The molecule has 0 unspecified atom stereocenters. The van der Waals surface area contributed by atoms with E-state index in [1.54, 1.807) is 0 Å². The summed E-state index contributed by atoms with van der Waals surface area (Å²) in [4.78, 5) is 2.15. The molecular weight excluding hydrogens is 216 g/mol. The highest BCUT2D eigenvalue weighted by atomic mass is 28.4. The van der Waals surface area contributed by atoms with Gasteiger partial charge in [-0.05, 0) is 25.2 Å². The highest BCUT2D eigenvalue weighted by Gasteiger charge is 2.36.